The number of nitrogens with one attached hydrogen (secondary N) is 1. The molecule has 0 spiro atoms. The number of hydrogen-bond donors (Lipinski definition) is 1. The van der Waals surface area contributed by atoms with Crippen LogP contribution in [-0.4, -0.2) is 61.0 Å². The number of aryl methyl sites for hydroxylation is 1. The molecule has 1 aliphatic rings. The lowest BCUT2D eigenvalue weighted by molar-refractivity contribution is 0.307. The highest BCUT2D eigenvalue weighted by Gasteiger charge is 2.19. The Balaban J connectivity index is 1.27. The predicted molar refractivity (Wildman–Crippen MR) is 154 cm³/mol. The SMILES string of the molecule is CCSN1CCN(c2ccc3[nH]c(-c4ccc(OCc5ccccc5)c(-c5cnn(C)c5)c4)nc3n2)CC1. The van der Waals surface area contributed by atoms with Crippen LogP contribution in [0.3, 0.4) is 0 Å². The first-order chi connectivity index (χ1) is 18.7. The van der Waals surface area contributed by atoms with Crippen LogP contribution in [0.1, 0.15) is 12.5 Å². The van der Waals surface area contributed by atoms with Crippen LogP contribution in [0.2, 0.25) is 0 Å². The van der Waals surface area contributed by atoms with Crippen LogP contribution in [0.15, 0.2) is 73.1 Å². The standard InChI is InChI=1S/C29H31N7OS/c1-3-38-36-15-13-35(14-16-36)27-12-10-25-29(32-27)33-28(31-25)22-9-11-26(37-20-21-7-5-4-6-8-21)24(17-22)23-18-30-34(2)19-23/h4-12,17-19H,3,13-16,20H2,1-2H3,(H,31,32,33). The highest BCUT2D eigenvalue weighted by Crippen LogP contribution is 2.34. The number of pyridine rings is 1. The van der Waals surface area contributed by atoms with Gasteiger partial charge in [0.05, 0.1) is 11.7 Å². The molecular formula is C29H31N7OS. The number of anilines is 1. The van der Waals surface area contributed by atoms with Crippen molar-refractivity contribution in [3.8, 4) is 28.3 Å². The molecular weight excluding hydrogens is 494 g/mol. The molecule has 3 aromatic heterocycles. The molecule has 1 saturated heterocycles. The number of rotatable bonds is 8. The fourth-order valence-corrected chi connectivity index (χ4v) is 5.54. The maximum Gasteiger partial charge on any atom is 0.180 e. The van der Waals surface area contributed by atoms with Crippen LogP contribution in [0.5, 0.6) is 5.75 Å². The number of H-pyrrole nitrogens is 1. The number of piperazine rings is 1. The van der Waals surface area contributed by atoms with Gasteiger partial charge in [-0.2, -0.15) is 5.10 Å². The van der Waals surface area contributed by atoms with Gasteiger partial charge in [-0.3, -0.25) is 4.68 Å². The first-order valence-electron chi connectivity index (χ1n) is 13.0. The van der Waals surface area contributed by atoms with E-state index in [0.29, 0.717) is 6.61 Å². The Morgan fingerprint density at radius 2 is 1.79 bits per heavy atom. The number of hydrogen-bond acceptors (Lipinski definition) is 7. The fraction of sp³-hybridized carbons (Fsp3) is 0.276. The Labute approximate surface area is 226 Å². The van der Waals surface area contributed by atoms with Gasteiger partial charge in [-0.1, -0.05) is 49.2 Å². The van der Waals surface area contributed by atoms with E-state index in [1.807, 2.05) is 61.7 Å². The predicted octanol–water partition coefficient (Wildman–Crippen LogP) is 5.39. The molecule has 6 rings (SSSR count). The Bertz CT molecular complexity index is 1520. The van der Waals surface area contributed by atoms with Crippen molar-refractivity contribution in [2.75, 3.05) is 36.8 Å². The number of benzene rings is 2. The second-order valence-electron chi connectivity index (χ2n) is 9.35. The number of imidazole rings is 1. The molecule has 194 valence electrons. The topological polar surface area (TPSA) is 75.1 Å². The molecule has 1 fully saturated rings. The largest absolute Gasteiger partial charge is 0.488 e. The van der Waals surface area contributed by atoms with Crippen molar-refractivity contribution in [2.24, 2.45) is 7.05 Å². The summed E-state index contributed by atoms with van der Waals surface area (Å²) in [5.74, 6) is 3.69. The maximum atomic E-state index is 6.25. The average Bonchev–Trinajstić information content (AvgIpc) is 3.59. The molecule has 38 heavy (non-hydrogen) atoms. The zero-order valence-electron chi connectivity index (χ0n) is 21.7. The molecule has 9 heteroatoms. The van der Waals surface area contributed by atoms with Gasteiger partial charge in [0.15, 0.2) is 5.65 Å². The van der Waals surface area contributed by atoms with E-state index in [0.717, 1.165) is 82.7 Å². The summed E-state index contributed by atoms with van der Waals surface area (Å²) in [5, 5.41) is 4.38. The van der Waals surface area contributed by atoms with Crippen molar-refractivity contribution < 1.29 is 4.74 Å². The smallest absolute Gasteiger partial charge is 0.180 e. The van der Waals surface area contributed by atoms with Crippen LogP contribution in [0, 0.1) is 0 Å². The van der Waals surface area contributed by atoms with E-state index in [2.05, 4.69) is 56.5 Å². The number of ether oxygens (including phenoxy) is 1. The van der Waals surface area contributed by atoms with E-state index in [4.69, 9.17) is 14.7 Å². The lowest BCUT2D eigenvalue weighted by Crippen LogP contribution is -2.43. The zero-order valence-corrected chi connectivity index (χ0v) is 22.5. The van der Waals surface area contributed by atoms with Gasteiger partial charge in [-0.15, -0.1) is 0 Å². The van der Waals surface area contributed by atoms with Gasteiger partial charge >= 0.3 is 0 Å². The first kappa shape index (κ1) is 24.5. The van der Waals surface area contributed by atoms with Crippen molar-refractivity contribution in [1.82, 2.24) is 29.0 Å². The molecule has 0 atom stereocenters. The van der Waals surface area contributed by atoms with Crippen LogP contribution in [0.4, 0.5) is 5.82 Å². The molecule has 0 aliphatic carbocycles. The van der Waals surface area contributed by atoms with Gasteiger partial charge in [0, 0.05) is 61.9 Å². The summed E-state index contributed by atoms with van der Waals surface area (Å²) in [7, 11) is 1.92. The Hall–Kier alpha value is -3.82. The van der Waals surface area contributed by atoms with E-state index in [9.17, 15) is 0 Å². The third kappa shape index (κ3) is 5.25. The minimum Gasteiger partial charge on any atom is -0.488 e. The summed E-state index contributed by atoms with van der Waals surface area (Å²) in [5.41, 5.74) is 5.73. The first-order valence-corrected chi connectivity index (χ1v) is 13.9. The van der Waals surface area contributed by atoms with Crippen LogP contribution in [-0.2, 0) is 13.7 Å². The van der Waals surface area contributed by atoms with Gasteiger partial charge in [0.1, 0.15) is 24.0 Å². The van der Waals surface area contributed by atoms with E-state index in [-0.39, 0.29) is 0 Å². The van der Waals surface area contributed by atoms with Crippen LogP contribution < -0.4 is 9.64 Å². The summed E-state index contributed by atoms with van der Waals surface area (Å²) >= 11 is 1.91. The molecule has 4 heterocycles. The monoisotopic (exact) mass is 525 g/mol. The molecule has 1 N–H and O–H groups in total. The average molecular weight is 526 g/mol. The second kappa shape index (κ2) is 10.9. The number of aromatic amines is 1. The molecule has 8 nitrogen and oxygen atoms in total. The summed E-state index contributed by atoms with van der Waals surface area (Å²) in [6, 6.07) is 20.5. The molecule has 0 saturated carbocycles. The Kier molecular flexibility index (Phi) is 7.02. The van der Waals surface area contributed by atoms with Crippen molar-refractivity contribution >= 4 is 28.9 Å². The highest BCUT2D eigenvalue weighted by atomic mass is 32.2. The van der Waals surface area contributed by atoms with Gasteiger partial charge in [-0.05, 0) is 35.9 Å². The van der Waals surface area contributed by atoms with E-state index in [1.165, 1.54) is 0 Å². The van der Waals surface area contributed by atoms with Crippen LogP contribution in [0.25, 0.3) is 33.7 Å². The summed E-state index contributed by atoms with van der Waals surface area (Å²) in [6.07, 6.45) is 3.86. The molecule has 1 aliphatic heterocycles. The second-order valence-corrected chi connectivity index (χ2v) is 10.7. The molecule has 5 aromatic rings. The van der Waals surface area contributed by atoms with E-state index < -0.39 is 0 Å². The summed E-state index contributed by atoms with van der Waals surface area (Å²) in [6.45, 7) is 6.73. The molecule has 0 radical (unpaired) electrons. The van der Waals surface area contributed by atoms with Crippen LogP contribution >= 0.6 is 11.9 Å². The van der Waals surface area contributed by atoms with Crippen molar-refractivity contribution in [3.63, 3.8) is 0 Å². The lowest BCUT2D eigenvalue weighted by Gasteiger charge is -2.34. The number of fused-ring (bicyclic) bond motifs is 1. The highest BCUT2D eigenvalue weighted by molar-refractivity contribution is 7.96. The quantitative estimate of drug-likeness (QED) is 0.272. The lowest BCUT2D eigenvalue weighted by atomic mass is 10.0. The van der Waals surface area contributed by atoms with Gasteiger partial charge < -0.3 is 14.6 Å². The zero-order chi connectivity index (χ0) is 25.9. The van der Waals surface area contributed by atoms with Gasteiger partial charge in [0.2, 0.25) is 0 Å². The number of aromatic nitrogens is 5. The van der Waals surface area contributed by atoms with Gasteiger partial charge in [-0.25, -0.2) is 14.3 Å². The summed E-state index contributed by atoms with van der Waals surface area (Å²) in [4.78, 5) is 15.6. The maximum absolute atomic E-state index is 6.25. The molecule has 0 bridgehead atoms. The van der Waals surface area contributed by atoms with E-state index >= 15 is 0 Å². The normalized spacial score (nSPS) is 14.3. The Morgan fingerprint density at radius 1 is 0.947 bits per heavy atom. The van der Waals surface area contributed by atoms with Gasteiger partial charge in [0.25, 0.3) is 0 Å². The van der Waals surface area contributed by atoms with Crippen molar-refractivity contribution in [1.29, 1.82) is 0 Å². The minimum atomic E-state index is 0.496. The third-order valence-electron chi connectivity index (χ3n) is 6.71. The summed E-state index contributed by atoms with van der Waals surface area (Å²) < 4.78 is 10.5. The fourth-order valence-electron chi connectivity index (χ4n) is 4.75. The molecule has 0 unspecified atom stereocenters. The molecule has 2 aromatic carbocycles. The van der Waals surface area contributed by atoms with Crippen molar-refractivity contribution in [2.45, 2.75) is 13.5 Å². The minimum absolute atomic E-state index is 0.496. The molecule has 0 amide bonds. The third-order valence-corrected chi connectivity index (χ3v) is 7.70. The van der Waals surface area contributed by atoms with Crippen molar-refractivity contribution in [3.05, 3.63) is 78.6 Å². The van der Waals surface area contributed by atoms with E-state index in [1.54, 1.807) is 4.68 Å². The number of nitrogens with zero attached hydrogens (tertiary/aromatic N) is 6. The Morgan fingerprint density at radius 3 is 2.55 bits per heavy atom.